The SMILES string of the molecule is Cc1sc(C(C=O)N(C)C(=O)OC(C)(C)C)cc1Br. The summed E-state index contributed by atoms with van der Waals surface area (Å²) in [5, 5.41) is 0. The van der Waals surface area contributed by atoms with Crippen LogP contribution in [-0.2, 0) is 9.53 Å². The first-order chi connectivity index (χ1) is 8.65. The molecule has 1 heterocycles. The van der Waals surface area contributed by atoms with Crippen molar-refractivity contribution in [3.63, 3.8) is 0 Å². The van der Waals surface area contributed by atoms with Crippen LogP contribution in [0.4, 0.5) is 4.79 Å². The number of hydrogen-bond acceptors (Lipinski definition) is 4. The molecule has 1 atom stereocenters. The van der Waals surface area contributed by atoms with Gasteiger partial charge in [-0.05, 0) is 49.7 Å². The Morgan fingerprint density at radius 2 is 2.11 bits per heavy atom. The number of hydrogen-bond donors (Lipinski definition) is 0. The Bertz CT molecular complexity index is 459. The van der Waals surface area contributed by atoms with E-state index in [1.54, 1.807) is 27.8 Å². The maximum Gasteiger partial charge on any atom is 0.410 e. The molecule has 0 aliphatic rings. The van der Waals surface area contributed by atoms with Crippen LogP contribution >= 0.6 is 27.3 Å². The molecule has 6 heteroatoms. The molecule has 19 heavy (non-hydrogen) atoms. The fraction of sp³-hybridized carbons (Fsp3) is 0.538. The zero-order valence-corrected chi connectivity index (χ0v) is 14.1. The van der Waals surface area contributed by atoms with E-state index in [4.69, 9.17) is 4.74 Å². The molecule has 0 aliphatic carbocycles. The molecule has 106 valence electrons. The molecule has 1 aromatic rings. The van der Waals surface area contributed by atoms with Crippen molar-refractivity contribution in [1.29, 1.82) is 0 Å². The fourth-order valence-corrected chi connectivity index (χ4v) is 3.09. The van der Waals surface area contributed by atoms with Crippen molar-refractivity contribution >= 4 is 39.6 Å². The average Bonchev–Trinajstić information content (AvgIpc) is 2.57. The maximum absolute atomic E-state index is 12.0. The van der Waals surface area contributed by atoms with Crippen LogP contribution in [0.3, 0.4) is 0 Å². The minimum atomic E-state index is -0.621. The lowest BCUT2D eigenvalue weighted by Crippen LogP contribution is -2.37. The Morgan fingerprint density at radius 3 is 2.47 bits per heavy atom. The summed E-state index contributed by atoms with van der Waals surface area (Å²) >= 11 is 4.89. The Balaban J connectivity index is 2.91. The van der Waals surface area contributed by atoms with Gasteiger partial charge in [0.2, 0.25) is 0 Å². The second-order valence-corrected chi connectivity index (χ2v) is 7.37. The van der Waals surface area contributed by atoms with E-state index in [-0.39, 0.29) is 0 Å². The molecule has 0 bridgehead atoms. The highest BCUT2D eigenvalue weighted by atomic mass is 79.9. The summed E-state index contributed by atoms with van der Waals surface area (Å²) in [5.74, 6) is 0. The lowest BCUT2D eigenvalue weighted by molar-refractivity contribution is -0.112. The molecule has 4 nitrogen and oxygen atoms in total. The first-order valence-electron chi connectivity index (χ1n) is 5.82. The number of halogens is 1. The van der Waals surface area contributed by atoms with E-state index in [0.717, 1.165) is 20.5 Å². The van der Waals surface area contributed by atoms with Gasteiger partial charge in [0.25, 0.3) is 0 Å². The van der Waals surface area contributed by atoms with Crippen LogP contribution in [0, 0.1) is 6.92 Å². The van der Waals surface area contributed by atoms with Crippen LogP contribution in [0.5, 0.6) is 0 Å². The molecular formula is C13H18BrNO3S. The van der Waals surface area contributed by atoms with E-state index in [1.165, 1.54) is 16.2 Å². The second kappa shape index (κ2) is 6.05. The van der Waals surface area contributed by atoms with E-state index in [0.29, 0.717) is 0 Å². The monoisotopic (exact) mass is 347 g/mol. The van der Waals surface area contributed by atoms with E-state index in [9.17, 15) is 9.59 Å². The predicted molar refractivity (Wildman–Crippen MR) is 79.6 cm³/mol. The van der Waals surface area contributed by atoms with Gasteiger partial charge in [0.15, 0.2) is 0 Å². The number of carbonyl (C=O) groups excluding carboxylic acids is 2. The summed E-state index contributed by atoms with van der Waals surface area (Å²) in [5.41, 5.74) is -0.579. The van der Waals surface area contributed by atoms with E-state index >= 15 is 0 Å². The summed E-state index contributed by atoms with van der Waals surface area (Å²) in [4.78, 5) is 26.4. The number of nitrogens with zero attached hydrogens (tertiary/aromatic N) is 1. The average molecular weight is 348 g/mol. The molecule has 0 aromatic carbocycles. The maximum atomic E-state index is 12.0. The first-order valence-corrected chi connectivity index (χ1v) is 7.43. The number of aldehydes is 1. The number of rotatable bonds is 3. The molecule has 0 saturated heterocycles. The van der Waals surface area contributed by atoms with Gasteiger partial charge in [0.05, 0.1) is 0 Å². The molecule has 1 aromatic heterocycles. The van der Waals surface area contributed by atoms with E-state index in [1.807, 2.05) is 13.0 Å². The number of aryl methyl sites for hydroxylation is 1. The van der Waals surface area contributed by atoms with Gasteiger partial charge in [-0.15, -0.1) is 11.3 Å². The van der Waals surface area contributed by atoms with Crippen LogP contribution in [0.15, 0.2) is 10.5 Å². The van der Waals surface area contributed by atoms with Gasteiger partial charge in [-0.1, -0.05) is 0 Å². The molecule has 1 unspecified atom stereocenters. The van der Waals surface area contributed by atoms with E-state index < -0.39 is 17.7 Å². The van der Waals surface area contributed by atoms with Gasteiger partial charge in [0, 0.05) is 21.3 Å². The summed E-state index contributed by atoms with van der Waals surface area (Å²) in [7, 11) is 1.57. The summed E-state index contributed by atoms with van der Waals surface area (Å²) in [6, 6.07) is 1.24. The van der Waals surface area contributed by atoms with Gasteiger partial charge >= 0.3 is 6.09 Å². The molecule has 1 amide bonds. The van der Waals surface area contributed by atoms with Crippen molar-refractivity contribution in [3.05, 3.63) is 20.3 Å². The molecule has 1 rings (SSSR count). The normalized spacial score (nSPS) is 12.9. The van der Waals surface area contributed by atoms with Crippen molar-refractivity contribution in [1.82, 2.24) is 4.90 Å². The fourth-order valence-electron chi connectivity index (χ4n) is 1.42. The van der Waals surface area contributed by atoms with Crippen LogP contribution in [0.1, 0.15) is 36.6 Å². The standard InChI is InChI=1S/C13H18BrNO3S/c1-8-9(14)6-11(19-8)10(7-16)15(5)12(17)18-13(2,3)4/h6-7,10H,1-5H3. The highest BCUT2D eigenvalue weighted by Gasteiger charge is 2.27. The molecule has 0 saturated carbocycles. The largest absolute Gasteiger partial charge is 0.444 e. The minimum absolute atomic E-state index is 0.508. The number of ether oxygens (including phenoxy) is 1. The third kappa shape index (κ3) is 4.31. The summed E-state index contributed by atoms with van der Waals surface area (Å²) in [6.45, 7) is 7.33. The molecule has 0 spiro atoms. The van der Waals surface area contributed by atoms with Crippen LogP contribution < -0.4 is 0 Å². The van der Waals surface area contributed by atoms with Crippen molar-refractivity contribution in [3.8, 4) is 0 Å². The zero-order valence-electron chi connectivity index (χ0n) is 11.7. The quantitative estimate of drug-likeness (QED) is 0.778. The molecule has 0 radical (unpaired) electrons. The second-order valence-electron chi connectivity index (χ2n) is 5.23. The van der Waals surface area contributed by atoms with Crippen LogP contribution in [0.25, 0.3) is 0 Å². The Kier molecular flexibility index (Phi) is 5.15. The summed E-state index contributed by atoms with van der Waals surface area (Å²) < 4.78 is 6.20. The van der Waals surface area contributed by atoms with Crippen LogP contribution in [0.2, 0.25) is 0 Å². The van der Waals surface area contributed by atoms with Gasteiger partial charge in [-0.3, -0.25) is 4.90 Å². The number of carbonyl (C=O) groups is 2. The Hall–Kier alpha value is -0.880. The number of amides is 1. The van der Waals surface area contributed by atoms with Gasteiger partial charge in [-0.25, -0.2) is 4.79 Å². The molecular weight excluding hydrogens is 330 g/mol. The Labute approximate surface area is 125 Å². The summed E-state index contributed by atoms with van der Waals surface area (Å²) in [6.07, 6.45) is 0.244. The van der Waals surface area contributed by atoms with Crippen LogP contribution in [-0.4, -0.2) is 29.9 Å². The number of thiophene rings is 1. The topological polar surface area (TPSA) is 46.6 Å². The molecule has 0 N–H and O–H groups in total. The van der Waals surface area contributed by atoms with Gasteiger partial charge < -0.3 is 9.53 Å². The zero-order chi connectivity index (χ0) is 14.8. The smallest absolute Gasteiger partial charge is 0.410 e. The van der Waals surface area contributed by atoms with E-state index in [2.05, 4.69) is 15.9 Å². The predicted octanol–water partition coefficient (Wildman–Crippen LogP) is 3.93. The molecule has 0 aliphatic heterocycles. The highest BCUT2D eigenvalue weighted by Crippen LogP contribution is 2.32. The lowest BCUT2D eigenvalue weighted by atomic mass is 10.2. The highest BCUT2D eigenvalue weighted by molar-refractivity contribution is 9.10. The van der Waals surface area contributed by atoms with Gasteiger partial charge in [0.1, 0.15) is 17.9 Å². The third-order valence-electron chi connectivity index (χ3n) is 2.40. The first kappa shape index (κ1) is 16.2. The minimum Gasteiger partial charge on any atom is -0.444 e. The third-order valence-corrected chi connectivity index (χ3v) is 4.60. The number of likely N-dealkylation sites (N-methyl/N-ethyl adjacent to an activating group) is 1. The van der Waals surface area contributed by atoms with Crippen molar-refractivity contribution in [2.75, 3.05) is 7.05 Å². The molecule has 0 fully saturated rings. The lowest BCUT2D eigenvalue weighted by Gasteiger charge is -2.27. The Morgan fingerprint density at radius 1 is 1.53 bits per heavy atom. The van der Waals surface area contributed by atoms with Gasteiger partial charge in [-0.2, -0.15) is 0 Å². The van der Waals surface area contributed by atoms with Crippen molar-refractivity contribution in [2.45, 2.75) is 39.3 Å². The van der Waals surface area contributed by atoms with Crippen molar-refractivity contribution < 1.29 is 14.3 Å². The van der Waals surface area contributed by atoms with Crippen molar-refractivity contribution in [2.24, 2.45) is 0 Å².